The Bertz CT molecular complexity index is 1030. The van der Waals surface area contributed by atoms with Crippen LogP contribution in [0.25, 0.3) is 0 Å². The number of piperidine rings is 1. The molecule has 2 aromatic rings. The number of carbonyl (C=O) groups is 3. The van der Waals surface area contributed by atoms with Gasteiger partial charge in [0.15, 0.2) is 6.04 Å². The molecule has 0 radical (unpaired) electrons. The third-order valence-electron chi connectivity index (χ3n) is 6.00. The van der Waals surface area contributed by atoms with Gasteiger partial charge in [0.2, 0.25) is 0 Å². The molecule has 8 nitrogen and oxygen atoms in total. The van der Waals surface area contributed by atoms with Gasteiger partial charge in [-0.3, -0.25) is 14.5 Å². The maximum atomic E-state index is 13.4. The van der Waals surface area contributed by atoms with Crippen LogP contribution in [0.15, 0.2) is 48.5 Å². The summed E-state index contributed by atoms with van der Waals surface area (Å²) in [6, 6.07) is 12.1. The highest BCUT2D eigenvalue weighted by atomic mass is 35.5. The summed E-state index contributed by atoms with van der Waals surface area (Å²) < 4.78 is 11.1. The Morgan fingerprint density at radius 3 is 2.34 bits per heavy atom. The second kappa shape index (κ2) is 8.80. The quantitative estimate of drug-likeness (QED) is 0.756. The molecule has 4 rings (SSSR count). The number of carboxylic acid groups (broad SMARTS) is 1. The van der Waals surface area contributed by atoms with E-state index >= 15 is 0 Å². The second-order valence-electron chi connectivity index (χ2n) is 7.82. The van der Waals surface area contributed by atoms with Crippen LogP contribution in [0, 0.1) is 0 Å². The third-order valence-corrected chi connectivity index (χ3v) is 6.24. The largest absolute Gasteiger partial charge is 0.497 e. The van der Waals surface area contributed by atoms with Gasteiger partial charge in [-0.05, 0) is 42.5 Å². The molecular formula is C23H23ClN2O6. The van der Waals surface area contributed by atoms with Crippen molar-refractivity contribution in [3.63, 3.8) is 0 Å². The van der Waals surface area contributed by atoms with Crippen LogP contribution in [-0.2, 0) is 9.53 Å². The number of benzene rings is 2. The van der Waals surface area contributed by atoms with Crippen molar-refractivity contribution in [1.82, 2.24) is 9.80 Å². The molecule has 1 unspecified atom stereocenters. The summed E-state index contributed by atoms with van der Waals surface area (Å²) in [4.78, 5) is 41.1. The number of aliphatic carboxylic acids is 1. The Morgan fingerprint density at radius 1 is 1.06 bits per heavy atom. The average molecular weight is 459 g/mol. The summed E-state index contributed by atoms with van der Waals surface area (Å²) >= 11 is 6.00. The lowest BCUT2D eigenvalue weighted by Gasteiger charge is -2.44. The fraction of sp³-hybridized carbons (Fsp3) is 0.348. The Labute approximate surface area is 190 Å². The third kappa shape index (κ3) is 4.03. The Kier molecular flexibility index (Phi) is 6.08. The maximum absolute atomic E-state index is 13.4. The molecule has 0 aliphatic carbocycles. The molecule has 0 aromatic heterocycles. The lowest BCUT2D eigenvalue weighted by molar-refractivity contribution is -0.143. The topological polar surface area (TPSA) is 96.4 Å². The number of likely N-dealkylation sites (tertiary alicyclic amines) is 1. The summed E-state index contributed by atoms with van der Waals surface area (Å²) in [6.07, 6.45) is 0.621. The van der Waals surface area contributed by atoms with E-state index in [1.54, 1.807) is 53.4 Å². The van der Waals surface area contributed by atoms with Gasteiger partial charge in [-0.1, -0.05) is 17.7 Å². The molecule has 2 fully saturated rings. The predicted octanol–water partition coefficient (Wildman–Crippen LogP) is 2.91. The van der Waals surface area contributed by atoms with E-state index in [2.05, 4.69) is 0 Å². The lowest BCUT2D eigenvalue weighted by atomic mass is 9.96. The number of carboxylic acids is 1. The number of methoxy groups -OCH3 is 1. The van der Waals surface area contributed by atoms with Gasteiger partial charge in [-0.15, -0.1) is 0 Å². The Morgan fingerprint density at radius 2 is 1.75 bits per heavy atom. The fourth-order valence-corrected chi connectivity index (χ4v) is 4.48. The van der Waals surface area contributed by atoms with Gasteiger partial charge in [-0.25, -0.2) is 4.79 Å². The van der Waals surface area contributed by atoms with Crippen molar-refractivity contribution >= 4 is 29.4 Å². The molecule has 9 heteroatoms. The Balaban J connectivity index is 1.55. The second-order valence-corrected chi connectivity index (χ2v) is 8.25. The predicted molar refractivity (Wildman–Crippen MR) is 116 cm³/mol. The van der Waals surface area contributed by atoms with E-state index in [1.165, 1.54) is 12.0 Å². The zero-order valence-corrected chi connectivity index (χ0v) is 18.2. The van der Waals surface area contributed by atoms with Crippen LogP contribution in [0.1, 0.15) is 33.6 Å². The summed E-state index contributed by atoms with van der Waals surface area (Å²) in [5, 5.41) is 10.2. The molecule has 2 aliphatic rings. The molecule has 168 valence electrons. The molecular weight excluding hydrogens is 436 g/mol. The highest BCUT2D eigenvalue weighted by Gasteiger charge is 2.54. The fourth-order valence-electron chi connectivity index (χ4n) is 4.29. The number of rotatable bonds is 4. The standard InChI is InChI=1S/C23H23ClN2O6/c1-31-18-7-5-15(6-8-18)21(28)26-19(22(29)30)14-32-23(26)9-11-25(12-10-23)20(27)16-3-2-4-17(24)13-16/h2-8,13,19H,9-12,14H2,1H3,(H,29,30). The van der Waals surface area contributed by atoms with Crippen molar-refractivity contribution in [3.05, 3.63) is 64.7 Å². The van der Waals surface area contributed by atoms with E-state index in [4.69, 9.17) is 21.1 Å². The molecule has 0 saturated carbocycles. The summed E-state index contributed by atoms with van der Waals surface area (Å²) in [5.74, 6) is -1.12. The van der Waals surface area contributed by atoms with E-state index in [1.807, 2.05) is 0 Å². The molecule has 1 spiro atoms. The van der Waals surface area contributed by atoms with E-state index in [0.29, 0.717) is 47.8 Å². The molecule has 2 aromatic carbocycles. The number of carbonyl (C=O) groups excluding carboxylic acids is 2. The molecule has 32 heavy (non-hydrogen) atoms. The highest BCUT2D eigenvalue weighted by Crippen LogP contribution is 2.39. The average Bonchev–Trinajstić information content (AvgIpc) is 3.17. The first kappa shape index (κ1) is 22.1. The Hall–Kier alpha value is -3.10. The van der Waals surface area contributed by atoms with Crippen molar-refractivity contribution in [2.24, 2.45) is 0 Å². The van der Waals surface area contributed by atoms with Crippen LogP contribution in [0.4, 0.5) is 0 Å². The minimum absolute atomic E-state index is 0.0978. The van der Waals surface area contributed by atoms with Gasteiger partial charge in [0, 0.05) is 42.1 Å². The van der Waals surface area contributed by atoms with Gasteiger partial charge in [0.1, 0.15) is 11.5 Å². The van der Waals surface area contributed by atoms with Gasteiger partial charge in [0.05, 0.1) is 13.7 Å². The van der Waals surface area contributed by atoms with Crippen molar-refractivity contribution in [2.45, 2.75) is 24.6 Å². The van der Waals surface area contributed by atoms with Crippen LogP contribution in [-0.4, -0.2) is 71.3 Å². The zero-order valence-electron chi connectivity index (χ0n) is 17.5. The normalized spacial score (nSPS) is 19.8. The van der Waals surface area contributed by atoms with Crippen molar-refractivity contribution in [3.8, 4) is 5.75 Å². The minimum atomic E-state index is -1.12. The molecule has 1 N–H and O–H groups in total. The lowest BCUT2D eigenvalue weighted by Crippen LogP contribution is -2.58. The molecule has 2 amide bonds. The van der Waals surface area contributed by atoms with Crippen LogP contribution in [0.3, 0.4) is 0 Å². The number of ether oxygens (including phenoxy) is 2. The van der Waals surface area contributed by atoms with E-state index in [9.17, 15) is 19.5 Å². The number of hydrogen-bond acceptors (Lipinski definition) is 5. The van der Waals surface area contributed by atoms with Gasteiger partial charge >= 0.3 is 5.97 Å². The maximum Gasteiger partial charge on any atom is 0.328 e. The van der Waals surface area contributed by atoms with Crippen LogP contribution in [0.2, 0.25) is 5.02 Å². The van der Waals surface area contributed by atoms with E-state index in [-0.39, 0.29) is 12.5 Å². The molecule has 0 bridgehead atoms. The first-order valence-electron chi connectivity index (χ1n) is 10.2. The minimum Gasteiger partial charge on any atom is -0.497 e. The van der Waals surface area contributed by atoms with E-state index < -0.39 is 23.6 Å². The number of amides is 2. The van der Waals surface area contributed by atoms with Gasteiger partial charge in [-0.2, -0.15) is 0 Å². The zero-order chi connectivity index (χ0) is 22.9. The van der Waals surface area contributed by atoms with Crippen molar-refractivity contribution in [1.29, 1.82) is 0 Å². The summed E-state index contributed by atoms with van der Waals surface area (Å²) in [6.45, 7) is 0.549. The smallest absolute Gasteiger partial charge is 0.328 e. The number of halogens is 1. The first-order valence-corrected chi connectivity index (χ1v) is 10.6. The summed E-state index contributed by atoms with van der Waals surface area (Å²) in [5.41, 5.74) is -0.250. The highest BCUT2D eigenvalue weighted by molar-refractivity contribution is 6.30. The first-order chi connectivity index (χ1) is 15.3. The SMILES string of the molecule is COc1ccc(C(=O)N2C(C(=O)O)COC23CCN(C(=O)c2cccc(Cl)c2)CC3)cc1. The van der Waals surface area contributed by atoms with Crippen LogP contribution < -0.4 is 4.74 Å². The molecule has 1 atom stereocenters. The van der Waals surface area contributed by atoms with E-state index in [0.717, 1.165) is 0 Å². The van der Waals surface area contributed by atoms with Gasteiger partial charge < -0.3 is 19.5 Å². The monoisotopic (exact) mass is 458 g/mol. The van der Waals surface area contributed by atoms with Crippen LogP contribution in [0.5, 0.6) is 5.75 Å². The van der Waals surface area contributed by atoms with Crippen molar-refractivity contribution in [2.75, 3.05) is 26.8 Å². The molecule has 2 heterocycles. The van der Waals surface area contributed by atoms with Gasteiger partial charge in [0.25, 0.3) is 11.8 Å². The molecule has 2 aliphatic heterocycles. The van der Waals surface area contributed by atoms with Crippen LogP contribution >= 0.6 is 11.6 Å². The number of nitrogens with zero attached hydrogens (tertiary/aromatic N) is 2. The van der Waals surface area contributed by atoms with Crippen molar-refractivity contribution < 1.29 is 29.0 Å². The summed E-state index contributed by atoms with van der Waals surface area (Å²) in [7, 11) is 1.53. The number of hydrogen-bond donors (Lipinski definition) is 1. The molecule has 2 saturated heterocycles.